The highest BCUT2D eigenvalue weighted by Gasteiger charge is 2.17. The van der Waals surface area contributed by atoms with E-state index in [0.717, 1.165) is 16.6 Å². The Hall–Kier alpha value is -2.39. The van der Waals surface area contributed by atoms with E-state index in [-0.39, 0.29) is 12.3 Å². The molecular formula is C20H15BrF3NO3S. The predicted molar refractivity (Wildman–Crippen MR) is 106 cm³/mol. The number of ether oxygens (including phenoxy) is 2. The Kier molecular flexibility index (Phi) is 6.92. The molecule has 0 radical (unpaired) electrons. The summed E-state index contributed by atoms with van der Waals surface area (Å²) in [6, 6.07) is 6.70. The van der Waals surface area contributed by atoms with Gasteiger partial charge in [0, 0.05) is 21.8 Å². The lowest BCUT2D eigenvalue weighted by Crippen LogP contribution is -2.06. The molecule has 9 heteroatoms. The summed E-state index contributed by atoms with van der Waals surface area (Å²) >= 11 is 4.65. The molecule has 2 aromatic carbocycles. The van der Waals surface area contributed by atoms with Gasteiger partial charge in [-0.25, -0.2) is 22.9 Å². The van der Waals surface area contributed by atoms with Crippen molar-refractivity contribution < 1.29 is 27.4 Å². The van der Waals surface area contributed by atoms with Gasteiger partial charge in [-0.1, -0.05) is 15.9 Å². The van der Waals surface area contributed by atoms with Gasteiger partial charge in [-0.3, -0.25) is 0 Å². The number of carbonyl (C=O) groups excluding carboxylic acids is 1. The second-order valence-corrected chi connectivity index (χ2v) is 7.74. The van der Waals surface area contributed by atoms with Crippen LogP contribution < -0.4 is 4.74 Å². The van der Waals surface area contributed by atoms with Crippen LogP contribution in [0.4, 0.5) is 13.2 Å². The molecule has 152 valence electrons. The van der Waals surface area contributed by atoms with Gasteiger partial charge < -0.3 is 9.47 Å². The highest BCUT2D eigenvalue weighted by Crippen LogP contribution is 2.28. The number of aromatic nitrogens is 1. The third-order valence-electron chi connectivity index (χ3n) is 3.91. The van der Waals surface area contributed by atoms with Crippen LogP contribution in [0.15, 0.2) is 40.2 Å². The smallest absolute Gasteiger partial charge is 0.357 e. The Morgan fingerprint density at radius 1 is 1.17 bits per heavy atom. The van der Waals surface area contributed by atoms with Gasteiger partial charge in [0.15, 0.2) is 17.3 Å². The van der Waals surface area contributed by atoms with Gasteiger partial charge >= 0.3 is 5.97 Å². The van der Waals surface area contributed by atoms with Crippen LogP contribution in [0, 0.1) is 17.5 Å². The van der Waals surface area contributed by atoms with E-state index in [9.17, 15) is 18.0 Å². The summed E-state index contributed by atoms with van der Waals surface area (Å²) in [4.78, 5) is 16.0. The summed E-state index contributed by atoms with van der Waals surface area (Å²) in [7, 11) is 0. The standard InChI is InChI=1S/C20H15BrF3NO3S/c1-2-27-20(26)16-10-29-18(25-16)8-11-7-12(21)3-6-17(11)28-9-13-14(22)4-5-15(23)19(13)24/h3-7,10H,2,8-9H2,1H3. The van der Waals surface area contributed by atoms with Gasteiger partial charge in [0.2, 0.25) is 0 Å². The molecule has 0 fully saturated rings. The van der Waals surface area contributed by atoms with Crippen molar-refractivity contribution in [3.05, 3.63) is 79.5 Å². The summed E-state index contributed by atoms with van der Waals surface area (Å²) in [5.74, 6) is -3.44. The fourth-order valence-electron chi connectivity index (χ4n) is 2.53. The van der Waals surface area contributed by atoms with Crippen LogP contribution in [-0.2, 0) is 17.8 Å². The van der Waals surface area contributed by atoms with Crippen molar-refractivity contribution in [2.45, 2.75) is 20.0 Å². The first kappa shape index (κ1) is 21.3. The minimum absolute atomic E-state index is 0.216. The second kappa shape index (κ2) is 9.41. The molecule has 29 heavy (non-hydrogen) atoms. The van der Waals surface area contributed by atoms with E-state index in [4.69, 9.17) is 9.47 Å². The molecule has 0 atom stereocenters. The minimum Gasteiger partial charge on any atom is -0.488 e. The molecule has 0 amide bonds. The molecule has 4 nitrogen and oxygen atoms in total. The molecule has 1 aromatic heterocycles. The van der Waals surface area contributed by atoms with Crippen molar-refractivity contribution in [1.82, 2.24) is 4.98 Å². The zero-order chi connectivity index (χ0) is 21.0. The lowest BCUT2D eigenvalue weighted by atomic mass is 10.1. The molecule has 0 unspecified atom stereocenters. The van der Waals surface area contributed by atoms with Gasteiger partial charge in [-0.05, 0) is 37.3 Å². The van der Waals surface area contributed by atoms with Crippen LogP contribution in [-0.4, -0.2) is 17.6 Å². The van der Waals surface area contributed by atoms with Crippen LogP contribution in [0.3, 0.4) is 0 Å². The minimum atomic E-state index is -1.28. The Morgan fingerprint density at radius 3 is 2.69 bits per heavy atom. The number of benzene rings is 2. The summed E-state index contributed by atoms with van der Waals surface area (Å²) in [5, 5.41) is 2.24. The lowest BCUT2D eigenvalue weighted by Gasteiger charge is -2.13. The Balaban J connectivity index is 1.80. The predicted octanol–water partition coefficient (Wildman–Crippen LogP) is 5.67. The van der Waals surface area contributed by atoms with Gasteiger partial charge in [0.05, 0.1) is 17.2 Å². The van der Waals surface area contributed by atoms with E-state index in [1.807, 2.05) is 0 Å². The molecular weight excluding hydrogens is 471 g/mol. The number of hydrogen-bond donors (Lipinski definition) is 0. The monoisotopic (exact) mass is 485 g/mol. The van der Waals surface area contributed by atoms with Crippen molar-refractivity contribution >= 4 is 33.2 Å². The Bertz CT molecular complexity index is 1040. The highest BCUT2D eigenvalue weighted by molar-refractivity contribution is 9.10. The third kappa shape index (κ3) is 5.16. The number of esters is 1. The summed E-state index contributed by atoms with van der Waals surface area (Å²) in [6.45, 7) is 1.49. The first-order valence-electron chi connectivity index (χ1n) is 8.54. The molecule has 0 spiro atoms. The molecule has 0 N–H and O–H groups in total. The number of nitrogens with zero attached hydrogens (tertiary/aromatic N) is 1. The quantitative estimate of drug-likeness (QED) is 0.319. The van der Waals surface area contributed by atoms with Crippen molar-refractivity contribution in [2.24, 2.45) is 0 Å². The molecule has 0 saturated carbocycles. The molecule has 3 rings (SSSR count). The maximum atomic E-state index is 13.9. The first-order chi connectivity index (χ1) is 13.9. The zero-order valence-electron chi connectivity index (χ0n) is 15.2. The van der Waals surface area contributed by atoms with E-state index >= 15 is 0 Å². The van der Waals surface area contributed by atoms with Crippen LogP contribution in [0.25, 0.3) is 0 Å². The Morgan fingerprint density at radius 2 is 1.93 bits per heavy atom. The maximum Gasteiger partial charge on any atom is 0.357 e. The highest BCUT2D eigenvalue weighted by atomic mass is 79.9. The number of thiazole rings is 1. The number of rotatable bonds is 7. The van der Waals surface area contributed by atoms with E-state index in [0.29, 0.717) is 22.7 Å². The molecule has 1 heterocycles. The van der Waals surface area contributed by atoms with Crippen LogP contribution in [0.2, 0.25) is 0 Å². The SMILES string of the molecule is CCOC(=O)c1csc(Cc2cc(Br)ccc2OCc2c(F)ccc(F)c2F)n1. The third-order valence-corrected chi connectivity index (χ3v) is 5.25. The van der Waals surface area contributed by atoms with Crippen LogP contribution in [0.5, 0.6) is 5.75 Å². The van der Waals surface area contributed by atoms with Gasteiger partial charge in [-0.15, -0.1) is 11.3 Å². The summed E-state index contributed by atoms with van der Waals surface area (Å²) in [6.07, 6.45) is 0.326. The molecule has 3 aromatic rings. The van der Waals surface area contributed by atoms with Crippen molar-refractivity contribution in [2.75, 3.05) is 6.61 Å². The fraction of sp³-hybridized carbons (Fsp3) is 0.200. The number of halogens is 4. The number of hydrogen-bond acceptors (Lipinski definition) is 5. The van der Waals surface area contributed by atoms with Gasteiger partial charge in [0.25, 0.3) is 0 Å². The topological polar surface area (TPSA) is 48.4 Å². The fourth-order valence-corrected chi connectivity index (χ4v) is 3.73. The molecule has 0 aliphatic heterocycles. The summed E-state index contributed by atoms with van der Waals surface area (Å²) < 4.78 is 52.4. The van der Waals surface area contributed by atoms with E-state index < -0.39 is 35.6 Å². The second-order valence-electron chi connectivity index (χ2n) is 5.89. The number of carbonyl (C=O) groups is 1. The Labute approximate surface area is 177 Å². The largest absolute Gasteiger partial charge is 0.488 e. The van der Waals surface area contributed by atoms with E-state index in [1.165, 1.54) is 11.3 Å². The molecule has 0 bridgehead atoms. The van der Waals surface area contributed by atoms with Crippen molar-refractivity contribution in [1.29, 1.82) is 0 Å². The lowest BCUT2D eigenvalue weighted by molar-refractivity contribution is 0.0520. The van der Waals surface area contributed by atoms with Crippen LogP contribution >= 0.6 is 27.3 Å². The van der Waals surface area contributed by atoms with Crippen molar-refractivity contribution in [3.8, 4) is 5.75 Å². The zero-order valence-corrected chi connectivity index (χ0v) is 17.6. The van der Waals surface area contributed by atoms with E-state index in [2.05, 4.69) is 20.9 Å². The van der Waals surface area contributed by atoms with Crippen molar-refractivity contribution in [3.63, 3.8) is 0 Å². The van der Waals surface area contributed by atoms with Crippen LogP contribution in [0.1, 0.15) is 33.5 Å². The average Bonchev–Trinajstić information content (AvgIpc) is 3.15. The summed E-state index contributed by atoms with van der Waals surface area (Å²) in [5.41, 5.74) is 0.410. The van der Waals surface area contributed by atoms with Gasteiger partial charge in [0.1, 0.15) is 18.2 Å². The molecule has 0 aliphatic carbocycles. The van der Waals surface area contributed by atoms with Gasteiger partial charge in [-0.2, -0.15) is 0 Å². The maximum absolute atomic E-state index is 13.9. The molecule has 0 saturated heterocycles. The normalized spacial score (nSPS) is 10.8. The first-order valence-corrected chi connectivity index (χ1v) is 10.2. The molecule has 0 aliphatic rings. The van der Waals surface area contributed by atoms with E-state index in [1.54, 1.807) is 30.5 Å². The average molecular weight is 486 g/mol.